The lowest BCUT2D eigenvalue weighted by Crippen LogP contribution is -2.34. The topological polar surface area (TPSA) is 108 Å². The number of nitro groups is 1. The van der Waals surface area contributed by atoms with Crippen LogP contribution in [0.15, 0.2) is 12.1 Å². The van der Waals surface area contributed by atoms with E-state index in [1.54, 1.807) is 11.8 Å². The number of methoxy groups -OCH3 is 1. The molecule has 1 aromatic carbocycles. The van der Waals surface area contributed by atoms with Crippen molar-refractivity contribution >= 4 is 11.6 Å². The molecule has 1 aliphatic heterocycles. The molecule has 24 heavy (non-hydrogen) atoms. The van der Waals surface area contributed by atoms with Crippen molar-refractivity contribution in [3.05, 3.63) is 27.8 Å². The predicted molar refractivity (Wildman–Crippen MR) is 88.5 cm³/mol. The number of amides is 1. The van der Waals surface area contributed by atoms with Crippen molar-refractivity contribution in [2.45, 2.75) is 20.3 Å². The van der Waals surface area contributed by atoms with Crippen LogP contribution < -0.4 is 15.2 Å². The van der Waals surface area contributed by atoms with Crippen molar-refractivity contribution in [2.24, 2.45) is 11.1 Å². The summed E-state index contributed by atoms with van der Waals surface area (Å²) in [6.45, 7) is 5.63. The predicted octanol–water partition coefficient (Wildman–Crippen LogP) is 1.81. The number of ether oxygens (including phenoxy) is 2. The normalized spacial score (nSPS) is 20.1. The highest BCUT2D eigenvalue weighted by Crippen LogP contribution is 2.37. The van der Waals surface area contributed by atoms with Crippen LogP contribution in [0.2, 0.25) is 0 Å². The Morgan fingerprint density at radius 1 is 1.46 bits per heavy atom. The molecule has 1 unspecified atom stereocenters. The second-order valence-electron chi connectivity index (χ2n) is 6.20. The lowest BCUT2D eigenvalue weighted by molar-refractivity contribution is -0.385. The summed E-state index contributed by atoms with van der Waals surface area (Å²) in [6, 6.07) is 2.62. The van der Waals surface area contributed by atoms with Crippen LogP contribution in [-0.4, -0.2) is 49.1 Å². The van der Waals surface area contributed by atoms with E-state index in [0.29, 0.717) is 32.0 Å². The largest absolute Gasteiger partial charge is 0.493 e. The minimum Gasteiger partial charge on any atom is -0.493 e. The molecule has 8 heteroatoms. The van der Waals surface area contributed by atoms with Gasteiger partial charge in [0.05, 0.1) is 24.7 Å². The molecule has 0 radical (unpaired) electrons. The van der Waals surface area contributed by atoms with Crippen LogP contribution >= 0.6 is 0 Å². The molecule has 1 fully saturated rings. The zero-order valence-electron chi connectivity index (χ0n) is 14.2. The molecule has 8 nitrogen and oxygen atoms in total. The minimum atomic E-state index is -0.580. The van der Waals surface area contributed by atoms with Gasteiger partial charge in [-0.05, 0) is 25.3 Å². The van der Waals surface area contributed by atoms with Crippen LogP contribution in [0.4, 0.5) is 5.69 Å². The van der Waals surface area contributed by atoms with E-state index in [9.17, 15) is 14.9 Å². The van der Waals surface area contributed by atoms with Crippen LogP contribution in [0.1, 0.15) is 30.6 Å². The number of hydrogen-bond donors (Lipinski definition) is 1. The first-order chi connectivity index (χ1) is 11.3. The van der Waals surface area contributed by atoms with Crippen LogP contribution in [0.3, 0.4) is 0 Å². The quantitative estimate of drug-likeness (QED) is 0.626. The summed E-state index contributed by atoms with van der Waals surface area (Å²) >= 11 is 0. The van der Waals surface area contributed by atoms with Gasteiger partial charge in [-0.25, -0.2) is 0 Å². The van der Waals surface area contributed by atoms with E-state index in [1.165, 1.54) is 19.2 Å². The number of benzene rings is 1. The second-order valence-corrected chi connectivity index (χ2v) is 6.20. The zero-order chi connectivity index (χ0) is 17.9. The number of carbonyl (C=O) groups is 1. The minimum absolute atomic E-state index is 0.00511. The Hall–Kier alpha value is -2.35. The van der Waals surface area contributed by atoms with Gasteiger partial charge in [0.1, 0.15) is 5.56 Å². The summed E-state index contributed by atoms with van der Waals surface area (Å²) in [4.78, 5) is 25.2. The van der Waals surface area contributed by atoms with E-state index in [4.69, 9.17) is 15.2 Å². The third-order valence-electron chi connectivity index (χ3n) is 4.35. The van der Waals surface area contributed by atoms with Crippen molar-refractivity contribution in [1.82, 2.24) is 4.90 Å². The summed E-state index contributed by atoms with van der Waals surface area (Å²) in [5.74, 6) is 0.158. The first kappa shape index (κ1) is 18.0. The number of likely N-dealkylation sites (tertiary alicyclic amines) is 1. The van der Waals surface area contributed by atoms with Gasteiger partial charge in [0.25, 0.3) is 11.6 Å². The smallest absolute Gasteiger partial charge is 0.286 e. The van der Waals surface area contributed by atoms with Gasteiger partial charge < -0.3 is 20.1 Å². The van der Waals surface area contributed by atoms with E-state index in [-0.39, 0.29) is 28.3 Å². The summed E-state index contributed by atoms with van der Waals surface area (Å²) in [5.41, 5.74) is 5.33. The highest BCUT2D eigenvalue weighted by molar-refractivity contribution is 5.99. The van der Waals surface area contributed by atoms with Crippen LogP contribution in [0.25, 0.3) is 0 Å². The molecule has 1 heterocycles. The summed E-state index contributed by atoms with van der Waals surface area (Å²) < 4.78 is 10.6. The molecule has 1 aromatic rings. The van der Waals surface area contributed by atoms with Gasteiger partial charge in [-0.3, -0.25) is 14.9 Å². The fourth-order valence-electron chi connectivity index (χ4n) is 2.83. The van der Waals surface area contributed by atoms with Gasteiger partial charge >= 0.3 is 0 Å². The van der Waals surface area contributed by atoms with E-state index < -0.39 is 4.92 Å². The van der Waals surface area contributed by atoms with Gasteiger partial charge in [-0.1, -0.05) is 6.92 Å². The zero-order valence-corrected chi connectivity index (χ0v) is 14.2. The third kappa shape index (κ3) is 3.43. The Morgan fingerprint density at radius 3 is 2.67 bits per heavy atom. The molecular weight excluding hydrogens is 314 g/mol. The summed E-state index contributed by atoms with van der Waals surface area (Å²) in [5, 5.41) is 11.4. The Kier molecular flexibility index (Phi) is 5.28. The first-order valence-corrected chi connectivity index (χ1v) is 7.83. The van der Waals surface area contributed by atoms with Gasteiger partial charge in [0.2, 0.25) is 0 Å². The van der Waals surface area contributed by atoms with Crippen molar-refractivity contribution in [3.8, 4) is 11.5 Å². The number of rotatable bonds is 6. The number of nitrogens with two attached hydrogens (primary N) is 1. The maximum Gasteiger partial charge on any atom is 0.286 e. The van der Waals surface area contributed by atoms with Crippen molar-refractivity contribution in [3.63, 3.8) is 0 Å². The molecule has 2 rings (SSSR count). The van der Waals surface area contributed by atoms with E-state index in [0.717, 1.165) is 6.42 Å². The third-order valence-corrected chi connectivity index (χ3v) is 4.35. The standard InChI is InChI=1S/C16H23N3O5/c1-4-24-14-7-11(12(19(21)22)8-13(14)23-3)15(20)18-6-5-16(2,9-17)10-18/h7-8H,4-6,9-10,17H2,1-3H3. The highest BCUT2D eigenvalue weighted by Gasteiger charge is 2.37. The maximum atomic E-state index is 12.8. The molecule has 2 N–H and O–H groups in total. The summed E-state index contributed by atoms with van der Waals surface area (Å²) in [7, 11) is 1.40. The molecule has 132 valence electrons. The SMILES string of the molecule is CCOc1cc(C(=O)N2CCC(C)(CN)C2)c([N+](=O)[O-])cc1OC. The van der Waals surface area contributed by atoms with E-state index in [1.807, 2.05) is 6.92 Å². The number of carbonyl (C=O) groups excluding carboxylic acids is 1. The first-order valence-electron chi connectivity index (χ1n) is 7.83. The van der Waals surface area contributed by atoms with Crippen molar-refractivity contribution in [1.29, 1.82) is 0 Å². The van der Waals surface area contributed by atoms with Gasteiger partial charge in [0, 0.05) is 19.2 Å². The average Bonchev–Trinajstić information content (AvgIpc) is 2.97. The second kappa shape index (κ2) is 7.04. The van der Waals surface area contributed by atoms with Crippen LogP contribution in [-0.2, 0) is 0 Å². The molecule has 0 aromatic heterocycles. The number of nitro benzene ring substituents is 1. The van der Waals surface area contributed by atoms with E-state index >= 15 is 0 Å². The van der Waals surface area contributed by atoms with Gasteiger partial charge in [0.15, 0.2) is 11.5 Å². The molecule has 1 aliphatic rings. The molecule has 1 amide bonds. The Morgan fingerprint density at radius 2 is 2.17 bits per heavy atom. The Labute approximate surface area is 140 Å². The van der Waals surface area contributed by atoms with E-state index in [2.05, 4.69) is 0 Å². The molecule has 0 aliphatic carbocycles. The number of hydrogen-bond acceptors (Lipinski definition) is 6. The molecule has 1 atom stereocenters. The highest BCUT2D eigenvalue weighted by atomic mass is 16.6. The Bertz CT molecular complexity index is 649. The molecule has 0 spiro atoms. The monoisotopic (exact) mass is 337 g/mol. The average molecular weight is 337 g/mol. The number of nitrogens with zero attached hydrogens (tertiary/aromatic N) is 2. The van der Waals surface area contributed by atoms with Gasteiger partial charge in [-0.15, -0.1) is 0 Å². The van der Waals surface area contributed by atoms with Crippen molar-refractivity contribution in [2.75, 3.05) is 33.4 Å². The maximum absolute atomic E-state index is 12.8. The molecular formula is C16H23N3O5. The molecule has 0 saturated carbocycles. The lowest BCUT2D eigenvalue weighted by atomic mass is 9.90. The van der Waals surface area contributed by atoms with Gasteiger partial charge in [-0.2, -0.15) is 0 Å². The molecule has 0 bridgehead atoms. The van der Waals surface area contributed by atoms with Crippen LogP contribution in [0, 0.1) is 15.5 Å². The fraction of sp³-hybridized carbons (Fsp3) is 0.562. The fourth-order valence-corrected chi connectivity index (χ4v) is 2.83. The molecule has 1 saturated heterocycles. The summed E-state index contributed by atoms with van der Waals surface area (Å²) in [6.07, 6.45) is 0.775. The Balaban J connectivity index is 2.42. The lowest BCUT2D eigenvalue weighted by Gasteiger charge is -2.22. The van der Waals surface area contributed by atoms with Crippen molar-refractivity contribution < 1.29 is 19.2 Å². The van der Waals surface area contributed by atoms with Crippen LogP contribution in [0.5, 0.6) is 11.5 Å².